The molecule has 2 N–H and O–H groups in total. The van der Waals surface area contributed by atoms with Gasteiger partial charge >= 0.3 is 0 Å². The van der Waals surface area contributed by atoms with Crippen LogP contribution in [0.2, 0.25) is 0 Å². The number of nitrogens with zero attached hydrogens (tertiary/aromatic N) is 6. The Labute approximate surface area is 149 Å². The number of hydrogen-bond acceptors (Lipinski definition) is 6. The molecular weight excluding hydrogens is 332 g/mol. The van der Waals surface area contributed by atoms with Gasteiger partial charge in [0, 0.05) is 5.69 Å². The van der Waals surface area contributed by atoms with Gasteiger partial charge in [-0.3, -0.25) is 10.1 Å². The molecule has 3 rings (SSSR count). The molecule has 9 heteroatoms. The smallest absolute Gasteiger partial charge is 0.258 e. The van der Waals surface area contributed by atoms with E-state index in [2.05, 4.69) is 32.3 Å². The molecule has 3 heterocycles. The Hall–Kier alpha value is -3.72. The lowest BCUT2D eigenvalue weighted by molar-refractivity contribution is 0.102. The highest BCUT2D eigenvalue weighted by molar-refractivity contribution is 6.11. The number of amides is 1. The molecule has 0 fully saturated rings. The molecule has 0 spiro atoms. The summed E-state index contributed by atoms with van der Waals surface area (Å²) in [6.07, 6.45) is 2.50. The van der Waals surface area contributed by atoms with E-state index in [4.69, 9.17) is 10.5 Å². The van der Waals surface area contributed by atoms with Crippen molar-refractivity contribution in [2.45, 2.75) is 33.2 Å². The first-order valence-electron chi connectivity index (χ1n) is 8.04. The summed E-state index contributed by atoms with van der Waals surface area (Å²) in [5.74, 6) is -0.382. The van der Waals surface area contributed by atoms with E-state index < -0.39 is 5.91 Å². The number of H-pyrrole nitrogens is 1. The fourth-order valence-corrected chi connectivity index (χ4v) is 2.60. The van der Waals surface area contributed by atoms with Crippen LogP contribution < -0.4 is 5.32 Å². The molecule has 130 valence electrons. The second kappa shape index (κ2) is 6.65. The van der Waals surface area contributed by atoms with E-state index in [1.807, 2.05) is 13.0 Å². The fraction of sp³-hybridized carbons (Fsp3) is 0.294. The minimum atomic E-state index is -0.424. The molecule has 0 unspecified atom stereocenters. The van der Waals surface area contributed by atoms with Crippen LogP contribution in [0.15, 0.2) is 12.3 Å². The summed E-state index contributed by atoms with van der Waals surface area (Å²) in [6, 6.07) is 5.45. The minimum Gasteiger partial charge on any atom is -0.314 e. The van der Waals surface area contributed by atoms with Crippen molar-refractivity contribution < 1.29 is 4.79 Å². The minimum absolute atomic E-state index is 0.00319. The first kappa shape index (κ1) is 17.1. The van der Waals surface area contributed by atoms with Crippen molar-refractivity contribution in [1.29, 1.82) is 10.5 Å². The third kappa shape index (κ3) is 2.87. The highest BCUT2D eigenvalue weighted by atomic mass is 16.1. The lowest BCUT2D eigenvalue weighted by Gasteiger charge is -2.11. The van der Waals surface area contributed by atoms with Crippen LogP contribution in [0.1, 0.15) is 53.7 Å². The molecule has 0 aliphatic heterocycles. The van der Waals surface area contributed by atoms with Gasteiger partial charge in [0.1, 0.15) is 12.1 Å². The van der Waals surface area contributed by atoms with E-state index in [0.29, 0.717) is 22.3 Å². The first-order chi connectivity index (χ1) is 12.5. The number of anilines is 1. The van der Waals surface area contributed by atoms with Crippen molar-refractivity contribution in [2.24, 2.45) is 0 Å². The van der Waals surface area contributed by atoms with Crippen molar-refractivity contribution in [3.8, 4) is 12.1 Å². The van der Waals surface area contributed by atoms with Crippen molar-refractivity contribution in [1.82, 2.24) is 24.7 Å². The molecule has 0 aromatic carbocycles. The summed E-state index contributed by atoms with van der Waals surface area (Å²) in [4.78, 5) is 23.8. The Kier molecular flexibility index (Phi) is 4.38. The maximum Gasteiger partial charge on any atom is 0.258 e. The normalized spacial score (nSPS) is 11.7. The number of rotatable bonds is 4. The molecule has 1 amide bonds. The quantitative estimate of drug-likeness (QED) is 0.743. The van der Waals surface area contributed by atoms with Crippen LogP contribution in [-0.2, 0) is 0 Å². The largest absolute Gasteiger partial charge is 0.314 e. The Morgan fingerprint density at radius 1 is 1.38 bits per heavy atom. The average Bonchev–Trinajstić information content (AvgIpc) is 3.23. The third-order valence-corrected chi connectivity index (χ3v) is 4.10. The third-order valence-electron chi connectivity index (χ3n) is 4.10. The fourth-order valence-electron chi connectivity index (χ4n) is 2.60. The number of nitrogens with one attached hydrogen (secondary N) is 2. The SMILES string of the molecule is CC[C@H](C)n1ncc2c(C(=O)Nc3nc(C#N)c(C#N)[nH]3)cc(C)nc21. The Morgan fingerprint density at radius 2 is 2.15 bits per heavy atom. The van der Waals surface area contributed by atoms with E-state index in [-0.39, 0.29) is 23.4 Å². The molecule has 26 heavy (non-hydrogen) atoms. The number of aryl methyl sites for hydroxylation is 1. The van der Waals surface area contributed by atoms with Gasteiger partial charge in [-0.25, -0.2) is 14.6 Å². The van der Waals surface area contributed by atoms with Crippen LogP contribution in [0.25, 0.3) is 11.0 Å². The zero-order chi connectivity index (χ0) is 18.8. The molecule has 0 saturated carbocycles. The molecule has 3 aromatic heterocycles. The van der Waals surface area contributed by atoms with Crippen molar-refractivity contribution in [3.05, 3.63) is 34.9 Å². The molecule has 0 saturated heterocycles. The molecule has 0 bridgehead atoms. The summed E-state index contributed by atoms with van der Waals surface area (Å²) < 4.78 is 1.80. The van der Waals surface area contributed by atoms with Gasteiger partial charge < -0.3 is 4.98 Å². The topological polar surface area (TPSA) is 136 Å². The second-order valence-corrected chi connectivity index (χ2v) is 5.88. The Morgan fingerprint density at radius 3 is 2.77 bits per heavy atom. The summed E-state index contributed by atoms with van der Waals surface area (Å²) in [6.45, 7) is 5.89. The maximum absolute atomic E-state index is 12.7. The highest BCUT2D eigenvalue weighted by Gasteiger charge is 2.19. The van der Waals surface area contributed by atoms with Gasteiger partial charge in [-0.1, -0.05) is 6.92 Å². The number of imidazole rings is 1. The summed E-state index contributed by atoms with van der Waals surface area (Å²) in [5, 5.41) is 25.5. The number of hydrogen-bond donors (Lipinski definition) is 2. The molecular formula is C17H16N8O. The standard InChI is InChI=1S/C17H16N8O/c1-4-10(3)25-15-12(8-20-25)11(5-9(2)21-15)16(26)24-17-22-13(6-18)14(7-19)23-17/h5,8,10H,4H2,1-3H3,(H2,22,23,24,26)/t10-/m0/s1. The van der Waals surface area contributed by atoms with Crippen molar-refractivity contribution >= 4 is 22.9 Å². The van der Waals surface area contributed by atoms with Crippen LogP contribution in [0.3, 0.4) is 0 Å². The van der Waals surface area contributed by atoms with E-state index in [1.165, 1.54) is 0 Å². The van der Waals surface area contributed by atoms with Crippen LogP contribution in [-0.4, -0.2) is 30.6 Å². The summed E-state index contributed by atoms with van der Waals surface area (Å²) in [5.41, 5.74) is 1.66. The molecule has 3 aromatic rings. The van der Waals surface area contributed by atoms with E-state index in [1.54, 1.807) is 29.9 Å². The van der Waals surface area contributed by atoms with E-state index in [9.17, 15) is 4.79 Å². The molecule has 0 radical (unpaired) electrons. The number of carbonyl (C=O) groups is 1. The zero-order valence-corrected chi connectivity index (χ0v) is 14.5. The van der Waals surface area contributed by atoms with Crippen molar-refractivity contribution in [2.75, 3.05) is 5.32 Å². The second-order valence-electron chi connectivity index (χ2n) is 5.88. The van der Waals surface area contributed by atoms with E-state index in [0.717, 1.165) is 6.42 Å². The first-order valence-corrected chi connectivity index (χ1v) is 8.04. The number of aromatic nitrogens is 5. The predicted octanol–water partition coefficient (Wildman–Crippen LogP) is 2.43. The Bertz CT molecular complexity index is 1050. The zero-order valence-electron chi connectivity index (χ0n) is 14.5. The number of aromatic amines is 1. The van der Waals surface area contributed by atoms with Gasteiger partial charge in [0.15, 0.2) is 17.0 Å². The van der Waals surface area contributed by atoms with Crippen LogP contribution >= 0.6 is 0 Å². The maximum atomic E-state index is 12.7. The van der Waals surface area contributed by atoms with Gasteiger partial charge in [-0.2, -0.15) is 15.6 Å². The van der Waals surface area contributed by atoms with E-state index >= 15 is 0 Å². The van der Waals surface area contributed by atoms with Gasteiger partial charge in [-0.15, -0.1) is 0 Å². The number of fused-ring (bicyclic) bond motifs is 1. The average molecular weight is 348 g/mol. The van der Waals surface area contributed by atoms with Gasteiger partial charge in [0.2, 0.25) is 5.95 Å². The summed E-state index contributed by atoms with van der Waals surface area (Å²) >= 11 is 0. The predicted molar refractivity (Wildman–Crippen MR) is 93.2 cm³/mol. The Balaban J connectivity index is 2.01. The van der Waals surface area contributed by atoms with Crippen LogP contribution in [0.5, 0.6) is 0 Å². The number of pyridine rings is 1. The van der Waals surface area contributed by atoms with Crippen LogP contribution in [0, 0.1) is 29.6 Å². The molecule has 1 atom stereocenters. The molecule has 0 aliphatic rings. The van der Waals surface area contributed by atoms with Crippen molar-refractivity contribution in [3.63, 3.8) is 0 Å². The van der Waals surface area contributed by atoms with Gasteiger partial charge in [-0.05, 0) is 26.3 Å². The molecule has 0 aliphatic carbocycles. The molecule has 9 nitrogen and oxygen atoms in total. The lowest BCUT2D eigenvalue weighted by Crippen LogP contribution is -2.14. The van der Waals surface area contributed by atoms with Gasteiger partial charge in [0.05, 0.1) is 23.2 Å². The monoisotopic (exact) mass is 348 g/mol. The van der Waals surface area contributed by atoms with Gasteiger partial charge in [0.25, 0.3) is 5.91 Å². The van der Waals surface area contributed by atoms with Crippen LogP contribution in [0.4, 0.5) is 5.95 Å². The number of carbonyl (C=O) groups excluding carboxylic acids is 1. The lowest BCUT2D eigenvalue weighted by atomic mass is 10.1. The summed E-state index contributed by atoms with van der Waals surface area (Å²) in [7, 11) is 0. The highest BCUT2D eigenvalue weighted by Crippen LogP contribution is 2.23. The number of nitriles is 2.